The highest BCUT2D eigenvalue weighted by Gasteiger charge is 2.13. The van der Waals surface area contributed by atoms with Crippen LogP contribution in [0.5, 0.6) is 5.75 Å². The zero-order valence-electron chi connectivity index (χ0n) is 16.3. The molecule has 0 spiro atoms. The lowest BCUT2D eigenvalue weighted by Crippen LogP contribution is -2.34. The van der Waals surface area contributed by atoms with Crippen molar-refractivity contribution in [2.75, 3.05) is 12.4 Å². The number of aromatic nitrogens is 2. The first-order valence-corrected chi connectivity index (χ1v) is 9.53. The number of rotatable bonds is 4. The molecule has 0 bridgehead atoms. The van der Waals surface area contributed by atoms with Crippen LogP contribution in [-0.2, 0) is 0 Å². The number of methoxy groups -OCH3 is 1. The molecular weight excluding hydrogens is 400 g/mol. The molecule has 8 heteroatoms. The third-order valence-corrected chi connectivity index (χ3v) is 4.66. The van der Waals surface area contributed by atoms with E-state index in [0.717, 1.165) is 16.8 Å². The van der Waals surface area contributed by atoms with Crippen LogP contribution in [0, 0.1) is 6.92 Å². The topological polar surface area (TPSA) is 89.3 Å². The van der Waals surface area contributed by atoms with E-state index in [1.165, 1.54) is 0 Å². The molecular formula is C22H18N4O3S. The molecule has 0 saturated carbocycles. The summed E-state index contributed by atoms with van der Waals surface area (Å²) in [7, 11) is 1.55. The highest BCUT2D eigenvalue weighted by atomic mass is 32.1. The molecule has 2 N–H and O–H groups in total. The minimum Gasteiger partial charge on any atom is -0.497 e. The zero-order valence-corrected chi connectivity index (χ0v) is 17.1. The van der Waals surface area contributed by atoms with E-state index in [0.29, 0.717) is 28.4 Å². The van der Waals surface area contributed by atoms with E-state index < -0.39 is 0 Å². The molecule has 0 atom stereocenters. The molecule has 2 aromatic carbocycles. The number of fused-ring (bicyclic) bond motifs is 1. The van der Waals surface area contributed by atoms with Crippen LogP contribution in [0.4, 0.5) is 5.69 Å². The number of pyridine rings is 1. The first-order valence-electron chi connectivity index (χ1n) is 9.12. The minimum atomic E-state index is -0.328. The molecule has 1 amide bonds. The number of amides is 1. The summed E-state index contributed by atoms with van der Waals surface area (Å²) < 4.78 is 10.9. The van der Waals surface area contributed by atoms with Gasteiger partial charge < -0.3 is 14.5 Å². The van der Waals surface area contributed by atoms with Gasteiger partial charge in [0.05, 0.1) is 7.11 Å². The van der Waals surface area contributed by atoms with Crippen LogP contribution in [0.2, 0.25) is 0 Å². The Hall–Kier alpha value is -3.78. The van der Waals surface area contributed by atoms with Gasteiger partial charge in [0, 0.05) is 23.0 Å². The van der Waals surface area contributed by atoms with Crippen molar-refractivity contribution in [3.8, 4) is 17.2 Å². The Morgan fingerprint density at radius 2 is 2.00 bits per heavy atom. The van der Waals surface area contributed by atoms with Gasteiger partial charge in [-0.3, -0.25) is 10.1 Å². The van der Waals surface area contributed by atoms with Gasteiger partial charge in [-0.15, -0.1) is 0 Å². The number of anilines is 1. The summed E-state index contributed by atoms with van der Waals surface area (Å²) in [6.07, 6.45) is 1.67. The van der Waals surface area contributed by atoms with Gasteiger partial charge in [-0.25, -0.2) is 4.98 Å². The van der Waals surface area contributed by atoms with Crippen LogP contribution >= 0.6 is 12.2 Å². The predicted molar refractivity (Wildman–Crippen MR) is 119 cm³/mol. The second kappa shape index (κ2) is 8.30. The number of benzene rings is 2. The van der Waals surface area contributed by atoms with E-state index in [4.69, 9.17) is 21.4 Å². The number of nitrogens with one attached hydrogen (secondary N) is 2. The summed E-state index contributed by atoms with van der Waals surface area (Å²) in [4.78, 5) is 21.1. The fourth-order valence-corrected chi connectivity index (χ4v) is 3.08. The molecule has 0 unspecified atom stereocenters. The van der Waals surface area contributed by atoms with Crippen molar-refractivity contribution in [2.24, 2.45) is 0 Å². The predicted octanol–water partition coefficient (Wildman–Crippen LogP) is 4.33. The number of ether oxygens (including phenoxy) is 1. The van der Waals surface area contributed by atoms with Gasteiger partial charge in [-0.2, -0.15) is 4.98 Å². The average molecular weight is 418 g/mol. The molecule has 0 fully saturated rings. The van der Waals surface area contributed by atoms with E-state index in [1.54, 1.807) is 43.6 Å². The third kappa shape index (κ3) is 4.13. The quantitative estimate of drug-likeness (QED) is 0.477. The Morgan fingerprint density at radius 3 is 2.80 bits per heavy atom. The molecule has 0 aliphatic carbocycles. The van der Waals surface area contributed by atoms with Crippen LogP contribution in [0.1, 0.15) is 15.9 Å². The van der Waals surface area contributed by atoms with Crippen LogP contribution in [-0.4, -0.2) is 28.1 Å². The smallest absolute Gasteiger partial charge is 0.257 e. The molecule has 4 rings (SSSR count). The van der Waals surface area contributed by atoms with Crippen molar-refractivity contribution in [1.82, 2.24) is 15.3 Å². The Bertz CT molecular complexity index is 1220. The van der Waals surface area contributed by atoms with E-state index in [2.05, 4.69) is 20.6 Å². The molecule has 7 nitrogen and oxygen atoms in total. The molecule has 150 valence electrons. The van der Waals surface area contributed by atoms with Gasteiger partial charge in [0.2, 0.25) is 5.89 Å². The van der Waals surface area contributed by atoms with E-state index in [-0.39, 0.29) is 11.0 Å². The van der Waals surface area contributed by atoms with Gasteiger partial charge >= 0.3 is 0 Å². The van der Waals surface area contributed by atoms with Gasteiger partial charge in [0.25, 0.3) is 5.91 Å². The second-order valence-corrected chi connectivity index (χ2v) is 6.92. The minimum absolute atomic E-state index is 0.183. The Morgan fingerprint density at radius 1 is 1.13 bits per heavy atom. The number of hydrogen-bond donors (Lipinski definition) is 2. The Kier molecular flexibility index (Phi) is 5.40. The van der Waals surface area contributed by atoms with E-state index >= 15 is 0 Å². The van der Waals surface area contributed by atoms with Crippen molar-refractivity contribution < 1.29 is 13.9 Å². The van der Waals surface area contributed by atoms with Crippen LogP contribution in [0.25, 0.3) is 22.7 Å². The van der Waals surface area contributed by atoms with Crippen molar-refractivity contribution in [3.05, 3.63) is 71.9 Å². The first-order chi connectivity index (χ1) is 14.5. The monoisotopic (exact) mass is 418 g/mol. The van der Waals surface area contributed by atoms with Crippen molar-refractivity contribution in [2.45, 2.75) is 6.92 Å². The number of nitrogens with zero attached hydrogens (tertiary/aromatic N) is 2. The first kappa shape index (κ1) is 19.5. The Labute approximate surface area is 178 Å². The summed E-state index contributed by atoms with van der Waals surface area (Å²) in [5.74, 6) is 0.723. The van der Waals surface area contributed by atoms with Crippen molar-refractivity contribution >= 4 is 40.2 Å². The lowest BCUT2D eigenvalue weighted by atomic mass is 10.1. The van der Waals surface area contributed by atoms with E-state index in [9.17, 15) is 4.79 Å². The molecule has 0 saturated heterocycles. The molecule has 2 aromatic heterocycles. The van der Waals surface area contributed by atoms with Crippen molar-refractivity contribution in [1.29, 1.82) is 0 Å². The summed E-state index contributed by atoms with van der Waals surface area (Å²) in [5, 5.41) is 5.93. The molecule has 30 heavy (non-hydrogen) atoms. The maximum Gasteiger partial charge on any atom is 0.257 e. The summed E-state index contributed by atoms with van der Waals surface area (Å²) in [6, 6.07) is 16.1. The highest BCUT2D eigenvalue weighted by Crippen LogP contribution is 2.27. The average Bonchev–Trinajstić information content (AvgIpc) is 3.19. The highest BCUT2D eigenvalue weighted by molar-refractivity contribution is 7.80. The van der Waals surface area contributed by atoms with Crippen LogP contribution < -0.4 is 15.4 Å². The fraction of sp³-hybridized carbons (Fsp3) is 0.0909. The molecule has 2 heterocycles. The van der Waals surface area contributed by atoms with Crippen LogP contribution in [0.3, 0.4) is 0 Å². The number of carbonyl (C=O) groups excluding carboxylic acids is 1. The van der Waals surface area contributed by atoms with Gasteiger partial charge in [0.15, 0.2) is 16.3 Å². The van der Waals surface area contributed by atoms with Crippen molar-refractivity contribution in [3.63, 3.8) is 0 Å². The zero-order chi connectivity index (χ0) is 21.1. The van der Waals surface area contributed by atoms with Gasteiger partial charge in [-0.05, 0) is 67.2 Å². The van der Waals surface area contributed by atoms with Crippen LogP contribution in [0.15, 0.2) is 65.2 Å². The fourth-order valence-electron chi connectivity index (χ4n) is 2.88. The summed E-state index contributed by atoms with van der Waals surface area (Å²) in [5.41, 5.74) is 4.06. The molecule has 0 aliphatic heterocycles. The van der Waals surface area contributed by atoms with E-state index in [1.807, 2.05) is 31.2 Å². The molecule has 0 radical (unpaired) electrons. The molecule has 4 aromatic rings. The maximum absolute atomic E-state index is 12.5. The molecule has 0 aliphatic rings. The number of hydrogen-bond acceptors (Lipinski definition) is 6. The lowest BCUT2D eigenvalue weighted by molar-refractivity contribution is 0.0977. The van der Waals surface area contributed by atoms with Gasteiger partial charge in [0.1, 0.15) is 5.75 Å². The Balaban J connectivity index is 1.51. The van der Waals surface area contributed by atoms with Gasteiger partial charge in [-0.1, -0.05) is 12.1 Å². The standard InChI is InChI=1S/C22H18N4O3S/c1-13-8-9-15(21-25-19-18(29-21)7-4-10-23-19)12-17(13)24-22(30)26-20(27)14-5-3-6-16(11-14)28-2/h3-12H,1-2H3,(H2,24,26,27,30). The number of oxazole rings is 1. The normalized spacial score (nSPS) is 10.6. The maximum atomic E-state index is 12.5. The third-order valence-electron chi connectivity index (χ3n) is 4.46. The summed E-state index contributed by atoms with van der Waals surface area (Å²) >= 11 is 5.32. The second-order valence-electron chi connectivity index (χ2n) is 6.51. The lowest BCUT2D eigenvalue weighted by Gasteiger charge is -2.13. The number of carbonyl (C=O) groups is 1. The number of thiocarbonyl (C=S) groups is 1. The number of aryl methyl sites for hydroxylation is 1. The summed E-state index contributed by atoms with van der Waals surface area (Å²) in [6.45, 7) is 1.94. The SMILES string of the molecule is COc1cccc(C(=O)NC(=S)Nc2cc(-c3nc4ncccc4o3)ccc2C)c1. The largest absolute Gasteiger partial charge is 0.497 e.